The molecule has 1 unspecified atom stereocenters. The predicted molar refractivity (Wildman–Crippen MR) is 86.0 cm³/mol. The topological polar surface area (TPSA) is 26.3 Å². The van der Waals surface area contributed by atoms with E-state index >= 15 is 0 Å². The molecule has 1 aromatic rings. The Labute approximate surface area is 141 Å². The number of hydrogen-bond donors (Lipinski definition) is 0. The molecule has 0 spiro atoms. The smallest absolute Gasteiger partial charge is 0.357 e. The van der Waals surface area contributed by atoms with E-state index in [4.69, 9.17) is 4.74 Å². The van der Waals surface area contributed by atoms with Gasteiger partial charge >= 0.3 is 6.18 Å². The molecule has 0 aliphatic carbocycles. The van der Waals surface area contributed by atoms with E-state index in [1.54, 1.807) is 24.3 Å². The number of hydrogen-bond acceptors (Lipinski definition) is 2. The Balaban J connectivity index is 2.32. The third-order valence-corrected chi connectivity index (χ3v) is 4.33. The van der Waals surface area contributed by atoms with Crippen LogP contribution >= 0.6 is 15.9 Å². The highest BCUT2D eigenvalue weighted by molar-refractivity contribution is 9.10. The molecule has 0 bridgehead atoms. The normalized spacial score (nSPS) is 26.0. The summed E-state index contributed by atoms with van der Waals surface area (Å²) in [5.41, 5.74) is -1.92. The second-order valence-electron chi connectivity index (χ2n) is 5.72. The van der Waals surface area contributed by atoms with Crippen molar-refractivity contribution in [3.05, 3.63) is 40.4 Å². The van der Waals surface area contributed by atoms with Gasteiger partial charge in [0.05, 0.1) is 6.10 Å². The molecule has 2 rings (SSSR count). The van der Waals surface area contributed by atoms with Crippen molar-refractivity contribution < 1.29 is 22.7 Å². The summed E-state index contributed by atoms with van der Waals surface area (Å²) in [4.78, 5) is 11.8. The number of ketones is 1. The van der Waals surface area contributed by atoms with Gasteiger partial charge in [0.1, 0.15) is 5.78 Å². The van der Waals surface area contributed by atoms with Crippen molar-refractivity contribution in [2.45, 2.75) is 50.5 Å². The van der Waals surface area contributed by atoms with Crippen LogP contribution in [0.4, 0.5) is 13.2 Å². The fraction of sp³-hybridized carbons (Fsp3) is 0.471. The van der Waals surface area contributed by atoms with E-state index in [1.165, 1.54) is 6.08 Å². The first kappa shape index (κ1) is 18.2. The summed E-state index contributed by atoms with van der Waals surface area (Å²) < 4.78 is 47.0. The molecule has 6 heteroatoms. The van der Waals surface area contributed by atoms with Gasteiger partial charge in [-0.1, -0.05) is 47.5 Å². The average Bonchev–Trinajstić information content (AvgIpc) is 2.45. The first-order chi connectivity index (χ1) is 10.8. The maximum absolute atomic E-state index is 13.6. The number of benzene rings is 1. The quantitative estimate of drug-likeness (QED) is 0.695. The third kappa shape index (κ3) is 4.44. The Morgan fingerprint density at radius 1 is 1.35 bits per heavy atom. The minimum Gasteiger partial charge on any atom is -0.357 e. The zero-order valence-electron chi connectivity index (χ0n) is 12.7. The molecule has 1 fully saturated rings. The molecule has 1 aromatic carbocycles. The fourth-order valence-electron chi connectivity index (χ4n) is 2.65. The molecule has 0 radical (unpaired) electrons. The molecule has 0 saturated carbocycles. The molecular formula is C17H18BrF3O2. The zero-order chi connectivity index (χ0) is 17.1. The van der Waals surface area contributed by atoms with Crippen LogP contribution in [0.2, 0.25) is 0 Å². The van der Waals surface area contributed by atoms with E-state index in [1.807, 2.05) is 6.92 Å². The van der Waals surface area contributed by atoms with Gasteiger partial charge < -0.3 is 4.74 Å². The lowest BCUT2D eigenvalue weighted by Gasteiger charge is -2.39. The van der Waals surface area contributed by atoms with Gasteiger partial charge in [-0.3, -0.25) is 4.79 Å². The van der Waals surface area contributed by atoms with Gasteiger partial charge in [-0.05, 0) is 30.2 Å². The highest BCUT2D eigenvalue weighted by Crippen LogP contribution is 2.43. The van der Waals surface area contributed by atoms with Gasteiger partial charge in [-0.25, -0.2) is 0 Å². The SMILES string of the molecule is CCC[C@@H]1CC(=O)CC(/C=C/c2ccc(Br)cc2)(C(F)(F)F)O1. The highest BCUT2D eigenvalue weighted by atomic mass is 79.9. The van der Waals surface area contributed by atoms with Gasteiger partial charge in [0, 0.05) is 17.3 Å². The molecular weight excluding hydrogens is 373 g/mol. The van der Waals surface area contributed by atoms with Crippen molar-refractivity contribution in [2.24, 2.45) is 0 Å². The van der Waals surface area contributed by atoms with Crippen LogP contribution in [0.25, 0.3) is 6.08 Å². The van der Waals surface area contributed by atoms with E-state index in [9.17, 15) is 18.0 Å². The summed E-state index contributed by atoms with van der Waals surface area (Å²) in [6.07, 6.45) is -2.48. The van der Waals surface area contributed by atoms with Gasteiger partial charge in [0.2, 0.25) is 0 Å². The van der Waals surface area contributed by atoms with Crippen molar-refractivity contribution in [2.75, 3.05) is 0 Å². The lowest BCUT2D eigenvalue weighted by Crippen LogP contribution is -2.53. The van der Waals surface area contributed by atoms with Gasteiger partial charge in [0.15, 0.2) is 5.60 Å². The Bertz CT molecular complexity index is 580. The summed E-state index contributed by atoms with van der Waals surface area (Å²) in [7, 11) is 0. The minimum absolute atomic E-state index is 0.0534. The molecule has 1 aliphatic heterocycles. The molecule has 0 amide bonds. The average molecular weight is 391 g/mol. The summed E-state index contributed by atoms with van der Waals surface area (Å²) in [5.74, 6) is -0.410. The highest BCUT2D eigenvalue weighted by Gasteiger charge is 2.58. The molecule has 0 N–H and O–H groups in total. The van der Waals surface area contributed by atoms with E-state index in [2.05, 4.69) is 15.9 Å². The number of halogens is 4. The van der Waals surface area contributed by atoms with Crippen LogP contribution in [0.1, 0.15) is 38.2 Å². The second-order valence-corrected chi connectivity index (χ2v) is 6.64. The van der Waals surface area contributed by atoms with Crippen LogP contribution in [0.3, 0.4) is 0 Å². The Kier molecular flexibility index (Phi) is 5.68. The minimum atomic E-state index is -4.64. The molecule has 2 nitrogen and oxygen atoms in total. The van der Waals surface area contributed by atoms with Gasteiger partial charge in [-0.15, -0.1) is 0 Å². The predicted octanol–water partition coefficient (Wildman–Crippen LogP) is 5.31. The van der Waals surface area contributed by atoms with Crippen LogP contribution in [0.5, 0.6) is 0 Å². The van der Waals surface area contributed by atoms with Crippen molar-refractivity contribution in [1.82, 2.24) is 0 Å². The lowest BCUT2D eigenvalue weighted by molar-refractivity contribution is -0.278. The van der Waals surface area contributed by atoms with Crippen molar-refractivity contribution >= 4 is 27.8 Å². The van der Waals surface area contributed by atoms with Gasteiger partial charge in [-0.2, -0.15) is 13.2 Å². The first-order valence-electron chi connectivity index (χ1n) is 7.47. The van der Waals surface area contributed by atoms with E-state index < -0.39 is 30.1 Å². The van der Waals surface area contributed by atoms with E-state index in [-0.39, 0.29) is 6.42 Å². The number of carbonyl (C=O) groups is 1. The molecule has 1 heterocycles. The van der Waals surface area contributed by atoms with Crippen molar-refractivity contribution in [3.8, 4) is 0 Å². The number of rotatable bonds is 4. The van der Waals surface area contributed by atoms with Crippen LogP contribution in [-0.4, -0.2) is 23.7 Å². The van der Waals surface area contributed by atoms with Crippen LogP contribution < -0.4 is 0 Å². The van der Waals surface area contributed by atoms with E-state index in [0.717, 1.165) is 10.5 Å². The van der Waals surface area contributed by atoms with Crippen LogP contribution in [0, 0.1) is 0 Å². The van der Waals surface area contributed by atoms with Crippen LogP contribution in [-0.2, 0) is 9.53 Å². The van der Waals surface area contributed by atoms with Crippen molar-refractivity contribution in [3.63, 3.8) is 0 Å². The zero-order valence-corrected chi connectivity index (χ0v) is 14.3. The molecule has 126 valence electrons. The summed E-state index contributed by atoms with van der Waals surface area (Å²) in [6.45, 7) is 1.86. The van der Waals surface area contributed by atoms with Gasteiger partial charge in [0.25, 0.3) is 0 Å². The summed E-state index contributed by atoms with van der Waals surface area (Å²) in [5, 5.41) is 0. The maximum atomic E-state index is 13.6. The largest absolute Gasteiger partial charge is 0.421 e. The number of alkyl halides is 3. The molecule has 0 aromatic heterocycles. The van der Waals surface area contributed by atoms with Crippen LogP contribution in [0.15, 0.2) is 34.8 Å². The number of ether oxygens (including phenoxy) is 1. The standard InChI is InChI=1S/C17H18BrF3O2/c1-2-3-15-10-14(22)11-16(23-15,17(19,20)21)9-8-12-4-6-13(18)7-5-12/h4-9,15H,2-3,10-11H2,1H3/b9-8+/t15-,16?/m1/s1. The molecule has 2 atom stereocenters. The Hall–Kier alpha value is -1.14. The molecule has 1 saturated heterocycles. The molecule has 23 heavy (non-hydrogen) atoms. The number of Topliss-reactive ketones (excluding diaryl/α,β-unsaturated/α-hetero) is 1. The fourth-order valence-corrected chi connectivity index (χ4v) is 2.91. The lowest BCUT2D eigenvalue weighted by atomic mass is 9.88. The second kappa shape index (κ2) is 7.18. The summed E-state index contributed by atoms with van der Waals surface area (Å²) >= 11 is 3.28. The molecule has 1 aliphatic rings. The Morgan fingerprint density at radius 3 is 2.57 bits per heavy atom. The van der Waals surface area contributed by atoms with Crippen molar-refractivity contribution in [1.29, 1.82) is 0 Å². The Morgan fingerprint density at radius 2 is 2.00 bits per heavy atom. The monoisotopic (exact) mass is 390 g/mol. The first-order valence-corrected chi connectivity index (χ1v) is 8.26. The third-order valence-electron chi connectivity index (χ3n) is 3.80. The summed E-state index contributed by atoms with van der Waals surface area (Å²) in [6, 6.07) is 6.87. The number of carbonyl (C=O) groups excluding carboxylic acids is 1. The van der Waals surface area contributed by atoms with E-state index in [0.29, 0.717) is 18.4 Å². The maximum Gasteiger partial charge on any atom is 0.421 e.